The van der Waals surface area contributed by atoms with Gasteiger partial charge < -0.3 is 22.7 Å². The second-order valence-corrected chi connectivity index (χ2v) is 34.6. The summed E-state index contributed by atoms with van der Waals surface area (Å²) in [4.78, 5) is 21.6. The highest BCUT2D eigenvalue weighted by molar-refractivity contribution is 6.24. The Morgan fingerprint density at radius 2 is 0.648 bits per heavy atom. The number of rotatable bonds is 8. The predicted octanol–water partition coefficient (Wildman–Crippen LogP) is 31.1. The van der Waals surface area contributed by atoms with Gasteiger partial charge in [0, 0.05) is 104 Å². The van der Waals surface area contributed by atoms with Crippen molar-refractivity contribution in [3.63, 3.8) is 0 Å². The fraction of sp³-hybridized carbons (Fsp3) is 0.0252. The average Bonchev–Trinajstić information content (AvgIpc) is 1.54. The molecule has 9 heteroatoms. The summed E-state index contributed by atoms with van der Waals surface area (Å²) in [5, 5.41) is 21.7. The largest absolute Gasteiger partial charge is 0.456 e. The zero-order valence-electron chi connectivity index (χ0n) is 69.7. The average molecular weight is 1630 g/mol. The first-order valence-electron chi connectivity index (χ1n) is 43.9. The van der Waals surface area contributed by atoms with Gasteiger partial charge in [-0.05, 0) is 188 Å². The second-order valence-electron chi connectivity index (χ2n) is 34.6. The molecule has 0 bridgehead atoms. The highest BCUT2D eigenvalue weighted by Gasteiger charge is 2.39. The van der Waals surface area contributed by atoms with Gasteiger partial charge in [-0.15, -0.1) is 0 Å². The summed E-state index contributed by atoms with van der Waals surface area (Å²) in [6.45, 7) is 4.69. The van der Waals surface area contributed by atoms with E-state index >= 15 is 0 Å². The molecule has 0 amide bonds. The molecule has 28 rings (SSSR count). The van der Waals surface area contributed by atoms with Gasteiger partial charge in [0.25, 0.3) is 0 Å². The van der Waals surface area contributed by atoms with E-state index in [2.05, 4.69) is 390 Å². The van der Waals surface area contributed by atoms with Gasteiger partial charge in [-0.2, -0.15) is 0 Å². The van der Waals surface area contributed by atoms with Crippen LogP contribution in [0.3, 0.4) is 0 Å². The molecule has 0 saturated carbocycles. The maximum absolute atomic E-state index is 6.34. The van der Waals surface area contributed by atoms with Gasteiger partial charge in [0.1, 0.15) is 11.2 Å². The van der Waals surface area contributed by atoms with Crippen molar-refractivity contribution < 1.29 is 4.42 Å². The normalized spacial score (nSPS) is 12.7. The van der Waals surface area contributed by atoms with Crippen molar-refractivity contribution in [3.05, 3.63) is 424 Å². The molecular formula is C119H74N8O. The topological polar surface area (TPSA) is 84.4 Å². The standard InChI is InChI=1S/C61H40N4.C58H34N4O/c1-61(2)50-26-8-5-21-42(50)45-24-15-25-46(58(45)61)60-59(62-51-27-9-10-28-52(51)63-60)40-19-13-20-41(32-40)64-53-29-11-6-23-44(53)49-36-47-39(35-56(49)64)18-14-31-55(47)65-54-30-12-7-22-43(54)48-33-37-16-3-4-17-38(37)34-57(48)65;1-2-15-37-33-50-45(32-36(37)14-1)41-18-5-10-24-48(41)62(50)58-40-17-4-3-16-38(40)34-51-55(58)42-19-6-11-25-49(42)61(51)39-30-28-35(29-31-39)56-57(60-47-23-9-8-22-46(47)59-56)44-21-13-27-53-54(44)43-20-7-12-26-52(43)63-53/h3-36H,1-2H3;1-34H. The summed E-state index contributed by atoms with van der Waals surface area (Å²) in [5.74, 6) is 0. The van der Waals surface area contributed by atoms with E-state index in [4.69, 9.17) is 24.4 Å². The zero-order chi connectivity index (χ0) is 84.1. The molecule has 27 aromatic rings. The van der Waals surface area contributed by atoms with Crippen LogP contribution in [0.4, 0.5) is 0 Å². The third kappa shape index (κ3) is 10.6. The summed E-state index contributed by atoms with van der Waals surface area (Å²) in [5.41, 5.74) is 31.6. The maximum Gasteiger partial charge on any atom is 0.136 e. The number of nitrogens with zero attached hydrogens (tertiary/aromatic N) is 8. The monoisotopic (exact) mass is 1630 g/mol. The van der Waals surface area contributed by atoms with Crippen molar-refractivity contribution in [3.8, 4) is 78.9 Å². The van der Waals surface area contributed by atoms with E-state index in [-0.39, 0.29) is 5.41 Å². The quantitative estimate of drug-likeness (QED) is 0.151. The van der Waals surface area contributed by atoms with Gasteiger partial charge in [-0.25, -0.2) is 19.9 Å². The first-order chi connectivity index (χ1) is 63.2. The van der Waals surface area contributed by atoms with E-state index in [9.17, 15) is 0 Å². The minimum absolute atomic E-state index is 0.212. The number of benzene rings is 20. The molecule has 596 valence electrons. The molecule has 0 fully saturated rings. The van der Waals surface area contributed by atoms with Gasteiger partial charge in [0.15, 0.2) is 0 Å². The Hall–Kier alpha value is -16.9. The molecule has 7 aromatic heterocycles. The van der Waals surface area contributed by atoms with E-state index in [1.807, 2.05) is 54.6 Å². The highest BCUT2D eigenvalue weighted by atomic mass is 16.3. The number of fused-ring (bicyclic) bond motifs is 24. The van der Waals surface area contributed by atoms with Crippen molar-refractivity contribution in [1.29, 1.82) is 0 Å². The second kappa shape index (κ2) is 27.6. The molecule has 1 aliphatic rings. The molecule has 20 aromatic carbocycles. The fourth-order valence-corrected chi connectivity index (χ4v) is 21.6. The Bertz CT molecular complexity index is 9460. The molecule has 128 heavy (non-hydrogen) atoms. The van der Waals surface area contributed by atoms with E-state index in [1.165, 1.54) is 142 Å². The van der Waals surface area contributed by atoms with E-state index in [1.54, 1.807) is 0 Å². The summed E-state index contributed by atoms with van der Waals surface area (Å²) in [6, 6.07) is 149. The molecule has 0 aliphatic heterocycles. The van der Waals surface area contributed by atoms with Crippen LogP contribution in [0.15, 0.2) is 417 Å². The van der Waals surface area contributed by atoms with Gasteiger partial charge in [-0.3, -0.25) is 0 Å². The lowest BCUT2D eigenvalue weighted by Gasteiger charge is -2.25. The lowest BCUT2D eigenvalue weighted by Crippen LogP contribution is -2.16. The van der Waals surface area contributed by atoms with Crippen LogP contribution < -0.4 is 0 Å². The van der Waals surface area contributed by atoms with Crippen molar-refractivity contribution in [2.75, 3.05) is 0 Å². The molecule has 0 N–H and O–H groups in total. The summed E-state index contributed by atoms with van der Waals surface area (Å²) in [6.07, 6.45) is 0. The number of hydrogen-bond acceptors (Lipinski definition) is 5. The first kappa shape index (κ1) is 71.7. The summed E-state index contributed by atoms with van der Waals surface area (Å²) in [7, 11) is 0. The molecule has 0 radical (unpaired) electrons. The molecule has 0 atom stereocenters. The van der Waals surface area contributed by atoms with Crippen LogP contribution in [0.2, 0.25) is 0 Å². The minimum Gasteiger partial charge on any atom is -0.456 e. The number of para-hydroxylation sites is 9. The van der Waals surface area contributed by atoms with Crippen molar-refractivity contribution in [2.45, 2.75) is 19.3 Å². The molecule has 7 heterocycles. The van der Waals surface area contributed by atoms with Crippen molar-refractivity contribution in [1.82, 2.24) is 38.2 Å². The number of furan rings is 1. The zero-order valence-corrected chi connectivity index (χ0v) is 69.7. The van der Waals surface area contributed by atoms with E-state index in [0.717, 1.165) is 122 Å². The molecule has 0 saturated heterocycles. The first-order valence-corrected chi connectivity index (χ1v) is 43.9. The molecule has 0 unspecified atom stereocenters. The van der Waals surface area contributed by atoms with Crippen LogP contribution in [-0.4, -0.2) is 38.2 Å². The lowest BCUT2D eigenvalue weighted by atomic mass is 9.79. The molecule has 9 nitrogen and oxygen atoms in total. The van der Waals surface area contributed by atoms with Crippen molar-refractivity contribution in [2.24, 2.45) is 0 Å². The van der Waals surface area contributed by atoms with Crippen molar-refractivity contribution >= 4 is 174 Å². The molecule has 1 aliphatic carbocycles. The van der Waals surface area contributed by atoms with Gasteiger partial charge in [-0.1, -0.05) is 293 Å². The van der Waals surface area contributed by atoms with Crippen LogP contribution in [-0.2, 0) is 5.41 Å². The van der Waals surface area contributed by atoms with Crippen LogP contribution >= 0.6 is 0 Å². The Morgan fingerprint density at radius 3 is 1.32 bits per heavy atom. The Kier molecular flexibility index (Phi) is 15.4. The Labute approximate surface area is 733 Å². The number of aromatic nitrogens is 8. The SMILES string of the molecule is CC1(C)c2ccccc2-c2cccc(-c3nc4ccccc4nc3-c3cccc(-n4c5ccccc5c5cc6c(-n7c8ccccc8c8cc9ccccc9cc87)cccc6cc54)c3)c21.c1ccc2cc3c(cc2c1)c1ccccc1n3-c1c2ccccc2cc2c1c1ccccc1n2-c1ccc(-c2nc3ccccc3nc2-c2cccc3oc4ccccc4c23)cc1. The molecular weight excluding hydrogens is 1560 g/mol. The van der Waals surface area contributed by atoms with Crippen LogP contribution in [0.25, 0.3) is 253 Å². The lowest BCUT2D eigenvalue weighted by molar-refractivity contribution is 0.662. The van der Waals surface area contributed by atoms with Gasteiger partial charge in [0.05, 0.1) is 100 Å². The van der Waals surface area contributed by atoms with E-state index in [0.29, 0.717) is 0 Å². The Morgan fingerprint density at radius 1 is 0.227 bits per heavy atom. The third-order valence-electron chi connectivity index (χ3n) is 27.3. The smallest absolute Gasteiger partial charge is 0.136 e. The minimum atomic E-state index is -0.212. The molecule has 0 spiro atoms. The summed E-state index contributed by atoms with van der Waals surface area (Å²) < 4.78 is 16.2. The number of hydrogen-bond donors (Lipinski definition) is 0. The Balaban J connectivity index is 0.000000132. The fourth-order valence-electron chi connectivity index (χ4n) is 21.6. The third-order valence-corrected chi connectivity index (χ3v) is 27.3. The van der Waals surface area contributed by atoms with Crippen LogP contribution in [0.5, 0.6) is 0 Å². The summed E-state index contributed by atoms with van der Waals surface area (Å²) >= 11 is 0. The van der Waals surface area contributed by atoms with Gasteiger partial charge >= 0.3 is 0 Å². The van der Waals surface area contributed by atoms with Gasteiger partial charge in [0.2, 0.25) is 0 Å². The predicted molar refractivity (Wildman–Crippen MR) is 533 cm³/mol. The van der Waals surface area contributed by atoms with E-state index < -0.39 is 0 Å². The highest BCUT2D eigenvalue weighted by Crippen LogP contribution is 2.54. The van der Waals surface area contributed by atoms with Crippen LogP contribution in [0.1, 0.15) is 25.0 Å². The maximum atomic E-state index is 6.34. The van der Waals surface area contributed by atoms with Crippen LogP contribution in [0, 0.1) is 0 Å².